The van der Waals surface area contributed by atoms with E-state index in [-0.39, 0.29) is 0 Å². The molecular weight excluding hydrogens is 368 g/mol. The quantitative estimate of drug-likeness (QED) is 0.560. The van der Waals surface area contributed by atoms with Gasteiger partial charge in [-0.1, -0.05) is 12.1 Å². The number of imidazole rings is 1. The van der Waals surface area contributed by atoms with Gasteiger partial charge in [0.05, 0.1) is 22.9 Å². The number of hydrogen-bond acceptors (Lipinski definition) is 5. The molecule has 0 aliphatic heterocycles. The van der Waals surface area contributed by atoms with Crippen molar-refractivity contribution in [3.05, 3.63) is 87.0 Å². The molecule has 8 heteroatoms. The fourth-order valence-electron chi connectivity index (χ4n) is 2.93. The fourth-order valence-corrected chi connectivity index (χ4v) is 2.93. The largest absolute Gasteiger partial charge is 0.325 e. The van der Waals surface area contributed by atoms with Gasteiger partial charge < -0.3 is 4.98 Å². The molecule has 144 valence electrons. The maximum atomic E-state index is 11.6. The van der Waals surface area contributed by atoms with Crippen LogP contribution in [0.15, 0.2) is 64.6 Å². The Morgan fingerprint density at radius 1 is 1.14 bits per heavy atom. The Kier molecular flexibility index (Phi) is 5.03. The van der Waals surface area contributed by atoms with Gasteiger partial charge in [-0.25, -0.2) is 14.3 Å². The topological polar surface area (TPSA) is 120 Å². The molecule has 0 bridgehead atoms. The second-order valence-electron chi connectivity index (χ2n) is 6.89. The minimum Gasteiger partial charge on any atom is -0.313 e. The molecule has 1 saturated carbocycles. The van der Waals surface area contributed by atoms with E-state index in [1.165, 1.54) is 31.0 Å². The van der Waals surface area contributed by atoms with E-state index < -0.39 is 11.2 Å². The maximum Gasteiger partial charge on any atom is 0.325 e. The van der Waals surface area contributed by atoms with Gasteiger partial charge in [0, 0.05) is 18.6 Å². The van der Waals surface area contributed by atoms with E-state index in [0.717, 1.165) is 11.5 Å². The highest BCUT2D eigenvalue weighted by Gasteiger charge is 2.21. The number of rotatable bonds is 3. The molecule has 3 aromatic heterocycles. The predicted molar refractivity (Wildman–Crippen MR) is 107 cm³/mol. The monoisotopic (exact) mass is 386 g/mol. The van der Waals surface area contributed by atoms with Gasteiger partial charge >= 0.3 is 5.69 Å². The molecule has 29 heavy (non-hydrogen) atoms. The van der Waals surface area contributed by atoms with Crippen molar-refractivity contribution < 1.29 is 0 Å². The number of aromatic amines is 2. The Bertz CT molecular complexity index is 1290. The summed E-state index contributed by atoms with van der Waals surface area (Å²) in [6.45, 7) is 0. The Balaban J connectivity index is 0.000000150. The Morgan fingerprint density at radius 2 is 1.93 bits per heavy atom. The first kappa shape index (κ1) is 18.4. The average Bonchev–Trinajstić information content (AvgIpc) is 3.42. The zero-order valence-electron chi connectivity index (χ0n) is 15.5. The molecular formula is C21H18N6O2. The molecule has 4 aromatic rings. The molecule has 1 aromatic carbocycles. The lowest BCUT2D eigenvalue weighted by Gasteiger charge is -1.99. The highest BCUT2D eigenvalue weighted by Crippen LogP contribution is 2.32. The molecule has 0 atom stereocenters. The summed E-state index contributed by atoms with van der Waals surface area (Å²) in [5.41, 5.74) is 2.58. The van der Waals surface area contributed by atoms with Crippen LogP contribution in [0.25, 0.3) is 16.9 Å². The number of benzene rings is 1. The van der Waals surface area contributed by atoms with E-state index >= 15 is 0 Å². The predicted octanol–water partition coefficient (Wildman–Crippen LogP) is 2.28. The molecule has 1 aliphatic rings. The summed E-state index contributed by atoms with van der Waals surface area (Å²) >= 11 is 0. The van der Waals surface area contributed by atoms with Crippen molar-refractivity contribution >= 4 is 5.65 Å². The summed E-state index contributed by atoms with van der Waals surface area (Å²) in [6.07, 6.45) is 8.61. The van der Waals surface area contributed by atoms with Gasteiger partial charge in [-0.3, -0.25) is 9.78 Å². The van der Waals surface area contributed by atoms with Crippen LogP contribution in [0, 0.1) is 17.2 Å². The lowest BCUT2D eigenvalue weighted by Crippen LogP contribution is -2.22. The molecule has 0 saturated heterocycles. The van der Waals surface area contributed by atoms with Crippen molar-refractivity contribution in [2.75, 3.05) is 0 Å². The number of hydrogen-bond donors (Lipinski definition) is 2. The smallest absolute Gasteiger partial charge is 0.313 e. The van der Waals surface area contributed by atoms with Crippen LogP contribution in [-0.4, -0.2) is 24.6 Å². The first-order chi connectivity index (χ1) is 14.1. The first-order valence-corrected chi connectivity index (χ1v) is 9.24. The van der Waals surface area contributed by atoms with Crippen molar-refractivity contribution in [2.24, 2.45) is 5.92 Å². The zero-order chi connectivity index (χ0) is 20.2. The van der Waals surface area contributed by atoms with E-state index in [1.54, 1.807) is 29.0 Å². The molecule has 8 nitrogen and oxygen atoms in total. The molecule has 0 radical (unpaired) electrons. The number of nitrogens with zero attached hydrogens (tertiary/aromatic N) is 4. The van der Waals surface area contributed by atoms with E-state index in [2.05, 4.69) is 38.3 Å². The minimum atomic E-state index is -0.539. The second-order valence-corrected chi connectivity index (χ2v) is 6.89. The van der Waals surface area contributed by atoms with Crippen LogP contribution < -0.4 is 11.2 Å². The Hall–Kier alpha value is -3.99. The number of aromatic nitrogens is 5. The zero-order valence-corrected chi connectivity index (χ0v) is 15.5. The van der Waals surface area contributed by atoms with Crippen LogP contribution >= 0.6 is 0 Å². The van der Waals surface area contributed by atoms with E-state index in [0.29, 0.717) is 16.9 Å². The van der Waals surface area contributed by atoms with Crippen LogP contribution in [0.1, 0.15) is 24.0 Å². The molecule has 1 fully saturated rings. The van der Waals surface area contributed by atoms with E-state index in [1.807, 2.05) is 12.1 Å². The summed E-state index contributed by atoms with van der Waals surface area (Å²) in [4.78, 5) is 31.1. The fraction of sp³-hybridized carbons (Fsp3) is 0.190. The number of H-pyrrole nitrogens is 2. The third-order valence-corrected chi connectivity index (χ3v) is 4.65. The molecule has 5 rings (SSSR count). The van der Waals surface area contributed by atoms with Crippen LogP contribution in [0.4, 0.5) is 0 Å². The number of nitriles is 1. The number of fused-ring (bicyclic) bond motifs is 1. The van der Waals surface area contributed by atoms with E-state index in [9.17, 15) is 9.59 Å². The standard InChI is InChI=1S/C11H11N.C10H7N5O2/c12-8-11-5-3-10(4-6-11)7-9-1-2-9;16-9-6(5-12-10(17)13-9)7-1-2-8-11-3-4-15(8)14-7/h3-6,9H,1-2,7H2;1-5H,(H2,12,13,16,17). The average molecular weight is 386 g/mol. The van der Waals surface area contributed by atoms with Gasteiger partial charge in [-0.15, -0.1) is 0 Å². The van der Waals surface area contributed by atoms with Crippen LogP contribution in [0.5, 0.6) is 0 Å². The van der Waals surface area contributed by atoms with Crippen molar-refractivity contribution in [3.63, 3.8) is 0 Å². The van der Waals surface area contributed by atoms with Crippen LogP contribution in [0.3, 0.4) is 0 Å². The van der Waals surface area contributed by atoms with Crippen LogP contribution in [0.2, 0.25) is 0 Å². The summed E-state index contributed by atoms with van der Waals surface area (Å²) in [5.74, 6) is 0.929. The van der Waals surface area contributed by atoms with Gasteiger partial charge in [0.1, 0.15) is 0 Å². The lowest BCUT2D eigenvalue weighted by molar-refractivity contribution is 0.832. The van der Waals surface area contributed by atoms with E-state index in [4.69, 9.17) is 5.26 Å². The van der Waals surface area contributed by atoms with Crippen molar-refractivity contribution in [1.29, 1.82) is 5.26 Å². The first-order valence-electron chi connectivity index (χ1n) is 9.24. The summed E-state index contributed by atoms with van der Waals surface area (Å²) < 4.78 is 1.56. The summed E-state index contributed by atoms with van der Waals surface area (Å²) in [7, 11) is 0. The van der Waals surface area contributed by atoms with Gasteiger partial charge in [0.2, 0.25) is 0 Å². The molecule has 3 heterocycles. The molecule has 1 aliphatic carbocycles. The summed E-state index contributed by atoms with van der Waals surface area (Å²) in [5, 5.41) is 12.8. The van der Waals surface area contributed by atoms with Crippen molar-refractivity contribution in [1.82, 2.24) is 24.6 Å². The van der Waals surface area contributed by atoms with Gasteiger partial charge in [0.25, 0.3) is 5.56 Å². The third-order valence-electron chi connectivity index (χ3n) is 4.65. The minimum absolute atomic E-state index is 0.306. The van der Waals surface area contributed by atoms with Crippen molar-refractivity contribution in [3.8, 4) is 17.3 Å². The highest BCUT2D eigenvalue weighted by atomic mass is 16.2. The SMILES string of the molecule is N#Cc1ccc(CC2CC2)cc1.O=c1[nH]cc(-c2ccc3nccn3n2)c(=O)[nH]1. The normalized spacial score (nSPS) is 12.8. The number of nitrogens with one attached hydrogen (secondary N) is 2. The molecule has 0 amide bonds. The van der Waals surface area contributed by atoms with Gasteiger partial charge in [-0.05, 0) is 55.0 Å². The molecule has 0 unspecified atom stereocenters. The molecule has 2 N–H and O–H groups in total. The van der Waals surface area contributed by atoms with Gasteiger partial charge in [0.15, 0.2) is 5.65 Å². The van der Waals surface area contributed by atoms with Gasteiger partial charge in [-0.2, -0.15) is 10.4 Å². The summed E-state index contributed by atoms with van der Waals surface area (Å²) in [6, 6.07) is 13.5. The second kappa shape index (κ2) is 7.94. The Labute approximate surface area is 165 Å². The molecule has 0 spiro atoms. The lowest BCUT2D eigenvalue weighted by atomic mass is 10.1. The van der Waals surface area contributed by atoms with Crippen LogP contribution in [-0.2, 0) is 6.42 Å². The highest BCUT2D eigenvalue weighted by molar-refractivity contribution is 5.57. The third kappa shape index (κ3) is 4.47. The van der Waals surface area contributed by atoms with Crippen molar-refractivity contribution in [2.45, 2.75) is 19.3 Å². The Morgan fingerprint density at radius 3 is 2.62 bits per heavy atom. The maximum absolute atomic E-state index is 11.6.